The van der Waals surface area contributed by atoms with Gasteiger partial charge in [-0.3, -0.25) is 9.52 Å². The van der Waals surface area contributed by atoms with Crippen LogP contribution >= 0.6 is 0 Å². The fraction of sp³-hybridized carbons (Fsp3) is 0.111. The number of benzene rings is 2. The molecule has 3 aromatic rings. The van der Waals surface area contributed by atoms with Gasteiger partial charge in [0.1, 0.15) is 10.7 Å². The minimum Gasteiger partial charge on any atom is -0.311 e. The van der Waals surface area contributed by atoms with Gasteiger partial charge in [0.15, 0.2) is 17.5 Å². The molecular weight excluding hydrogens is 409 g/mol. The van der Waals surface area contributed by atoms with E-state index in [-0.39, 0.29) is 11.6 Å². The molecular formula is C18H15F3N4O3S. The Morgan fingerprint density at radius 1 is 1.03 bits per heavy atom. The number of anilines is 2. The Hall–Kier alpha value is -3.34. The Kier molecular flexibility index (Phi) is 5.33. The van der Waals surface area contributed by atoms with Gasteiger partial charge in [0.05, 0.1) is 11.4 Å². The summed E-state index contributed by atoms with van der Waals surface area (Å²) in [5, 5.41) is 6.88. The quantitative estimate of drug-likeness (QED) is 0.615. The van der Waals surface area contributed by atoms with Gasteiger partial charge in [0.2, 0.25) is 5.91 Å². The number of halogens is 3. The lowest BCUT2D eigenvalue weighted by molar-refractivity contribution is -0.114. The van der Waals surface area contributed by atoms with Crippen LogP contribution in [0.5, 0.6) is 0 Å². The molecule has 0 radical (unpaired) electrons. The predicted octanol–water partition coefficient (Wildman–Crippen LogP) is 3.36. The van der Waals surface area contributed by atoms with Crippen molar-refractivity contribution in [2.75, 3.05) is 10.0 Å². The molecule has 7 nitrogen and oxygen atoms in total. The third kappa shape index (κ3) is 4.24. The van der Waals surface area contributed by atoms with Gasteiger partial charge in [-0.15, -0.1) is 0 Å². The molecule has 0 aliphatic rings. The zero-order chi connectivity index (χ0) is 21.3. The zero-order valence-corrected chi connectivity index (χ0v) is 16.0. The highest BCUT2D eigenvalue weighted by Gasteiger charge is 2.24. The molecule has 0 fully saturated rings. The largest absolute Gasteiger partial charge is 0.311 e. The van der Waals surface area contributed by atoms with Crippen LogP contribution in [0.1, 0.15) is 12.6 Å². The molecule has 1 aromatic heterocycles. The number of aryl methyl sites for hydroxylation is 1. The summed E-state index contributed by atoms with van der Waals surface area (Å²) in [6.45, 7) is 3.09. The molecule has 0 saturated carbocycles. The van der Waals surface area contributed by atoms with Crippen molar-refractivity contribution < 1.29 is 26.4 Å². The number of amides is 1. The molecule has 3 rings (SSSR count). The molecule has 11 heteroatoms. The Bertz CT molecular complexity index is 1190. The lowest BCUT2D eigenvalue weighted by Crippen LogP contribution is -2.16. The number of nitrogens with one attached hydrogen (secondary N) is 2. The highest BCUT2D eigenvalue weighted by molar-refractivity contribution is 7.92. The molecule has 152 valence electrons. The molecule has 0 saturated heterocycles. The lowest BCUT2D eigenvalue weighted by atomic mass is 10.3. The number of hydrogen-bond acceptors (Lipinski definition) is 4. The van der Waals surface area contributed by atoms with E-state index >= 15 is 0 Å². The normalized spacial score (nSPS) is 11.3. The molecule has 2 N–H and O–H groups in total. The number of aromatic nitrogens is 2. The first kappa shape index (κ1) is 20.4. The van der Waals surface area contributed by atoms with Crippen molar-refractivity contribution in [3.63, 3.8) is 0 Å². The van der Waals surface area contributed by atoms with E-state index in [9.17, 15) is 26.4 Å². The smallest absolute Gasteiger partial charge is 0.264 e. The second-order valence-electron chi connectivity index (χ2n) is 6.09. The van der Waals surface area contributed by atoms with Crippen molar-refractivity contribution in [2.45, 2.75) is 18.7 Å². The summed E-state index contributed by atoms with van der Waals surface area (Å²) >= 11 is 0. The average Bonchev–Trinajstić information content (AvgIpc) is 2.99. The standard InChI is InChI=1S/C18H15F3N4O3S/c1-10-9-16(22-11(2)26)25(23-10)13-5-3-12(4-6-13)24-29(27,28)15-8-7-14(19)17(20)18(15)21/h3-9,24H,1-2H3,(H,22,26). The van der Waals surface area contributed by atoms with Crippen molar-refractivity contribution in [1.82, 2.24) is 9.78 Å². The first-order chi connectivity index (χ1) is 13.6. The van der Waals surface area contributed by atoms with Crippen LogP contribution in [0.25, 0.3) is 5.69 Å². The number of sulfonamides is 1. The second kappa shape index (κ2) is 7.59. The summed E-state index contributed by atoms with van der Waals surface area (Å²) in [5.74, 6) is -5.03. The van der Waals surface area contributed by atoms with Crippen molar-refractivity contribution in [1.29, 1.82) is 0 Å². The van der Waals surface area contributed by atoms with Gasteiger partial charge in [-0.2, -0.15) is 5.10 Å². The third-order valence-corrected chi connectivity index (χ3v) is 5.19. The van der Waals surface area contributed by atoms with Crippen molar-refractivity contribution in [2.24, 2.45) is 0 Å². The minimum absolute atomic E-state index is 0.0582. The monoisotopic (exact) mass is 424 g/mol. The van der Waals surface area contributed by atoms with Crippen LogP contribution in [-0.4, -0.2) is 24.1 Å². The SMILES string of the molecule is CC(=O)Nc1cc(C)nn1-c1ccc(NS(=O)(=O)c2ccc(F)c(F)c2F)cc1. The topological polar surface area (TPSA) is 93.1 Å². The summed E-state index contributed by atoms with van der Waals surface area (Å²) in [7, 11) is -4.49. The van der Waals surface area contributed by atoms with E-state index in [0.717, 1.165) is 0 Å². The maximum atomic E-state index is 13.8. The summed E-state index contributed by atoms with van der Waals surface area (Å²) in [6, 6.07) is 8.59. The highest BCUT2D eigenvalue weighted by atomic mass is 32.2. The van der Waals surface area contributed by atoms with Gasteiger partial charge in [-0.1, -0.05) is 0 Å². The molecule has 1 heterocycles. The Morgan fingerprint density at radius 2 is 1.69 bits per heavy atom. The number of hydrogen-bond donors (Lipinski definition) is 2. The van der Waals surface area contributed by atoms with Crippen LogP contribution in [0.15, 0.2) is 47.4 Å². The predicted molar refractivity (Wildman–Crippen MR) is 99.7 cm³/mol. The van der Waals surface area contributed by atoms with Crippen LogP contribution < -0.4 is 10.0 Å². The van der Waals surface area contributed by atoms with Crippen LogP contribution in [0.3, 0.4) is 0 Å². The van der Waals surface area contributed by atoms with Crippen LogP contribution in [0.4, 0.5) is 24.7 Å². The zero-order valence-electron chi connectivity index (χ0n) is 15.2. The van der Waals surface area contributed by atoms with Crippen LogP contribution in [-0.2, 0) is 14.8 Å². The average molecular weight is 424 g/mol. The van der Waals surface area contributed by atoms with Gasteiger partial charge in [-0.25, -0.2) is 26.3 Å². The lowest BCUT2D eigenvalue weighted by Gasteiger charge is -2.11. The number of nitrogens with zero attached hydrogens (tertiary/aromatic N) is 2. The number of carbonyl (C=O) groups excluding carboxylic acids is 1. The molecule has 0 spiro atoms. The van der Waals surface area contributed by atoms with E-state index in [1.54, 1.807) is 13.0 Å². The van der Waals surface area contributed by atoms with E-state index in [1.165, 1.54) is 35.9 Å². The molecule has 0 unspecified atom stereocenters. The van der Waals surface area contributed by atoms with Gasteiger partial charge >= 0.3 is 0 Å². The van der Waals surface area contributed by atoms with Crippen molar-refractivity contribution >= 4 is 27.4 Å². The molecule has 0 bridgehead atoms. The minimum atomic E-state index is -4.49. The van der Waals surface area contributed by atoms with Gasteiger partial charge in [0.25, 0.3) is 10.0 Å². The van der Waals surface area contributed by atoms with E-state index in [0.29, 0.717) is 29.3 Å². The summed E-state index contributed by atoms with van der Waals surface area (Å²) < 4.78 is 68.4. The summed E-state index contributed by atoms with van der Waals surface area (Å²) in [6.07, 6.45) is 0. The summed E-state index contributed by atoms with van der Waals surface area (Å²) in [4.78, 5) is 10.3. The molecule has 29 heavy (non-hydrogen) atoms. The number of carbonyl (C=O) groups is 1. The van der Waals surface area contributed by atoms with Gasteiger partial charge in [-0.05, 0) is 43.3 Å². The van der Waals surface area contributed by atoms with Gasteiger partial charge in [0, 0.05) is 18.7 Å². The molecule has 0 atom stereocenters. The van der Waals surface area contributed by atoms with Crippen molar-refractivity contribution in [3.05, 3.63) is 65.6 Å². The maximum absolute atomic E-state index is 13.8. The number of rotatable bonds is 5. The fourth-order valence-electron chi connectivity index (χ4n) is 2.56. The van der Waals surface area contributed by atoms with Crippen LogP contribution in [0.2, 0.25) is 0 Å². The molecule has 0 aliphatic heterocycles. The van der Waals surface area contributed by atoms with E-state index in [2.05, 4.69) is 15.1 Å². The van der Waals surface area contributed by atoms with Crippen LogP contribution in [0, 0.1) is 24.4 Å². The Morgan fingerprint density at radius 3 is 2.31 bits per heavy atom. The first-order valence-electron chi connectivity index (χ1n) is 8.19. The van der Waals surface area contributed by atoms with Crippen molar-refractivity contribution in [3.8, 4) is 5.69 Å². The second-order valence-corrected chi connectivity index (χ2v) is 7.74. The van der Waals surface area contributed by atoms with E-state index in [4.69, 9.17) is 0 Å². The highest BCUT2D eigenvalue weighted by Crippen LogP contribution is 2.24. The van der Waals surface area contributed by atoms with Gasteiger partial charge < -0.3 is 5.32 Å². The fourth-order valence-corrected chi connectivity index (χ4v) is 3.69. The Labute approximate surface area is 164 Å². The third-order valence-electron chi connectivity index (χ3n) is 3.79. The van der Waals surface area contributed by atoms with E-state index < -0.39 is 32.4 Å². The molecule has 1 amide bonds. The Balaban J connectivity index is 1.88. The maximum Gasteiger partial charge on any atom is 0.264 e. The first-order valence-corrected chi connectivity index (χ1v) is 9.68. The molecule has 0 aliphatic carbocycles. The molecule has 2 aromatic carbocycles. The van der Waals surface area contributed by atoms with E-state index in [1.807, 2.05) is 0 Å². The summed E-state index contributed by atoms with van der Waals surface area (Å²) in [5.41, 5.74) is 1.22.